The summed E-state index contributed by atoms with van der Waals surface area (Å²) in [6, 6.07) is 14.1. The van der Waals surface area contributed by atoms with Crippen molar-refractivity contribution in [3.05, 3.63) is 65.2 Å². The first-order valence-electron chi connectivity index (χ1n) is 17.2. The molecule has 49 heavy (non-hydrogen) atoms. The zero-order chi connectivity index (χ0) is 35.3. The summed E-state index contributed by atoms with van der Waals surface area (Å²) in [6.45, 7) is 10.2. The molecular weight excluding hydrogens is 624 g/mol. The first-order chi connectivity index (χ1) is 23.5. The molecule has 6 rings (SSSR count). The SMILES string of the molecule is CCC(C)(C)CC(=O)N1CCC(C(=O)N2N=CCC2c2ccccc2)CC1.CCNc1cccc2c1C(=O)N(C1CCC(=O)NC1=O)C2=O. The molecule has 0 spiro atoms. The quantitative estimate of drug-likeness (QED) is 0.392. The van der Waals surface area contributed by atoms with E-state index in [1.54, 1.807) is 23.2 Å². The molecule has 4 heterocycles. The number of likely N-dealkylation sites (tertiary alicyclic amines) is 1. The van der Waals surface area contributed by atoms with Crippen molar-refractivity contribution in [2.75, 3.05) is 25.0 Å². The van der Waals surface area contributed by atoms with E-state index >= 15 is 0 Å². The van der Waals surface area contributed by atoms with E-state index < -0.39 is 23.8 Å². The van der Waals surface area contributed by atoms with E-state index in [9.17, 15) is 28.8 Å². The summed E-state index contributed by atoms with van der Waals surface area (Å²) in [5.41, 5.74) is 2.31. The van der Waals surface area contributed by atoms with Crippen molar-refractivity contribution in [1.82, 2.24) is 20.1 Å². The molecule has 2 fully saturated rings. The minimum Gasteiger partial charge on any atom is -0.385 e. The largest absolute Gasteiger partial charge is 0.385 e. The lowest BCUT2D eigenvalue weighted by Gasteiger charge is -2.35. The number of piperidine rings is 2. The number of carbonyl (C=O) groups excluding carboxylic acids is 6. The van der Waals surface area contributed by atoms with Crippen LogP contribution in [0.5, 0.6) is 0 Å². The van der Waals surface area contributed by atoms with Gasteiger partial charge in [-0.15, -0.1) is 0 Å². The predicted molar refractivity (Wildman–Crippen MR) is 184 cm³/mol. The molecule has 4 aliphatic heterocycles. The van der Waals surface area contributed by atoms with Crippen LogP contribution in [0, 0.1) is 11.3 Å². The molecule has 0 bridgehead atoms. The van der Waals surface area contributed by atoms with Gasteiger partial charge in [0.25, 0.3) is 11.8 Å². The molecule has 0 aliphatic carbocycles. The predicted octanol–water partition coefficient (Wildman–Crippen LogP) is 4.53. The molecule has 0 saturated carbocycles. The molecule has 0 radical (unpaired) electrons. The van der Waals surface area contributed by atoms with Gasteiger partial charge in [0.1, 0.15) is 6.04 Å². The number of nitrogens with one attached hydrogen (secondary N) is 2. The number of rotatable bonds is 8. The maximum atomic E-state index is 13.0. The van der Waals surface area contributed by atoms with Crippen LogP contribution in [0.1, 0.15) is 105 Å². The Morgan fingerprint density at radius 1 is 0.918 bits per heavy atom. The number of benzene rings is 2. The molecule has 2 atom stereocenters. The van der Waals surface area contributed by atoms with E-state index in [1.165, 1.54) is 0 Å². The van der Waals surface area contributed by atoms with E-state index in [-0.39, 0.29) is 53.5 Å². The number of hydrogen-bond donors (Lipinski definition) is 2. The number of imide groups is 2. The molecule has 0 aromatic heterocycles. The average molecular weight is 671 g/mol. The van der Waals surface area contributed by atoms with Crippen LogP contribution < -0.4 is 10.6 Å². The van der Waals surface area contributed by atoms with E-state index in [0.717, 1.165) is 36.1 Å². The zero-order valence-electron chi connectivity index (χ0n) is 28.7. The number of fused-ring (bicyclic) bond motifs is 1. The topological polar surface area (TPSA) is 149 Å². The molecule has 2 aromatic rings. The molecule has 12 heteroatoms. The van der Waals surface area contributed by atoms with Gasteiger partial charge in [0.05, 0.1) is 17.2 Å². The number of anilines is 1. The molecule has 12 nitrogen and oxygen atoms in total. The Balaban J connectivity index is 0.000000195. The van der Waals surface area contributed by atoms with Gasteiger partial charge in [-0.05, 0) is 49.3 Å². The fraction of sp³-hybridized carbons (Fsp3) is 0.486. The highest BCUT2D eigenvalue weighted by Gasteiger charge is 2.45. The summed E-state index contributed by atoms with van der Waals surface area (Å²) in [4.78, 5) is 76.8. The molecule has 2 unspecified atom stereocenters. The second-order valence-electron chi connectivity index (χ2n) is 13.7. The smallest absolute Gasteiger partial charge is 0.264 e. The number of hydrogen-bond acceptors (Lipinski definition) is 8. The Morgan fingerprint density at radius 3 is 2.29 bits per heavy atom. The lowest BCUT2D eigenvalue weighted by Crippen LogP contribution is -2.54. The normalized spacial score (nSPS) is 20.9. The maximum Gasteiger partial charge on any atom is 0.264 e. The van der Waals surface area contributed by atoms with Gasteiger partial charge in [-0.3, -0.25) is 39.0 Å². The number of carbonyl (C=O) groups is 6. The van der Waals surface area contributed by atoms with Crippen LogP contribution in [0.3, 0.4) is 0 Å². The molecule has 2 aromatic carbocycles. The maximum absolute atomic E-state index is 13.0. The van der Waals surface area contributed by atoms with E-state index in [0.29, 0.717) is 37.3 Å². The van der Waals surface area contributed by atoms with Crippen molar-refractivity contribution in [2.24, 2.45) is 16.4 Å². The highest BCUT2D eigenvalue weighted by Crippen LogP contribution is 2.34. The molecule has 4 aliphatic rings. The van der Waals surface area contributed by atoms with Crippen molar-refractivity contribution in [3.8, 4) is 0 Å². The number of amides is 6. The van der Waals surface area contributed by atoms with Crippen LogP contribution >= 0.6 is 0 Å². The van der Waals surface area contributed by atoms with Crippen molar-refractivity contribution in [1.29, 1.82) is 0 Å². The fourth-order valence-corrected chi connectivity index (χ4v) is 6.64. The van der Waals surface area contributed by atoms with Gasteiger partial charge in [-0.25, -0.2) is 5.01 Å². The van der Waals surface area contributed by atoms with Gasteiger partial charge in [0, 0.05) is 56.7 Å². The molecule has 2 N–H and O–H groups in total. The Morgan fingerprint density at radius 2 is 1.63 bits per heavy atom. The summed E-state index contributed by atoms with van der Waals surface area (Å²) < 4.78 is 0. The van der Waals surface area contributed by atoms with Crippen molar-refractivity contribution in [2.45, 2.75) is 84.7 Å². The zero-order valence-corrected chi connectivity index (χ0v) is 28.7. The van der Waals surface area contributed by atoms with Gasteiger partial charge >= 0.3 is 0 Å². The lowest BCUT2D eigenvalue weighted by molar-refractivity contribution is -0.142. The second-order valence-corrected chi connectivity index (χ2v) is 13.7. The molecular formula is C37H46N6O6. The Bertz CT molecular complexity index is 1630. The molecule has 260 valence electrons. The van der Waals surface area contributed by atoms with E-state index in [4.69, 9.17) is 0 Å². The molecule has 6 amide bonds. The highest BCUT2D eigenvalue weighted by atomic mass is 16.2. The average Bonchev–Trinajstić information content (AvgIpc) is 3.69. The standard InChI is InChI=1S/C22H31N3O2.C15H15N3O4/c1-4-22(2,3)16-20(26)24-14-11-18(12-15-24)21(27)25-19(10-13-23-25)17-8-6-5-7-9-17;1-2-16-9-5-3-4-8-12(9)15(22)18(14(8)21)10-6-7-11(19)17-13(10)20/h5-9,13,18-19H,4,10-12,14-16H2,1-3H3;3-5,10,16H,2,6-7H2,1H3,(H,17,19,20). The van der Waals surface area contributed by atoms with Crippen LogP contribution in [0.25, 0.3) is 0 Å². The third kappa shape index (κ3) is 7.73. The van der Waals surface area contributed by atoms with Crippen LogP contribution in [0.4, 0.5) is 5.69 Å². The first kappa shape index (κ1) is 35.4. The third-order valence-electron chi connectivity index (χ3n) is 9.86. The summed E-state index contributed by atoms with van der Waals surface area (Å²) >= 11 is 0. The van der Waals surface area contributed by atoms with Crippen LogP contribution in [0.2, 0.25) is 0 Å². The van der Waals surface area contributed by atoms with Crippen molar-refractivity contribution < 1.29 is 28.8 Å². The lowest BCUT2D eigenvalue weighted by atomic mass is 9.85. The summed E-state index contributed by atoms with van der Waals surface area (Å²) in [7, 11) is 0. The van der Waals surface area contributed by atoms with Crippen LogP contribution in [-0.2, 0) is 19.2 Å². The summed E-state index contributed by atoms with van der Waals surface area (Å²) in [5.74, 6) is -1.70. The minimum atomic E-state index is -0.931. The third-order valence-corrected chi connectivity index (χ3v) is 9.86. The second kappa shape index (κ2) is 15.1. The van der Waals surface area contributed by atoms with Crippen molar-refractivity contribution in [3.63, 3.8) is 0 Å². The van der Waals surface area contributed by atoms with Gasteiger partial charge in [0.2, 0.25) is 23.6 Å². The van der Waals surface area contributed by atoms with Gasteiger partial charge in [-0.2, -0.15) is 5.10 Å². The number of nitrogens with zero attached hydrogens (tertiary/aromatic N) is 4. The fourth-order valence-electron chi connectivity index (χ4n) is 6.64. The number of hydrazone groups is 1. The Kier molecular flexibility index (Phi) is 10.9. The van der Waals surface area contributed by atoms with Gasteiger partial charge in [0.15, 0.2) is 0 Å². The first-order valence-corrected chi connectivity index (χ1v) is 17.2. The van der Waals surface area contributed by atoms with Crippen molar-refractivity contribution >= 4 is 47.3 Å². The van der Waals surface area contributed by atoms with E-state index in [1.807, 2.05) is 36.2 Å². The van der Waals surface area contributed by atoms with E-state index in [2.05, 4.69) is 48.6 Å². The summed E-state index contributed by atoms with van der Waals surface area (Å²) in [6.07, 6.45) is 5.89. The van der Waals surface area contributed by atoms with Gasteiger partial charge in [-0.1, -0.05) is 63.6 Å². The Labute approximate surface area is 287 Å². The monoisotopic (exact) mass is 670 g/mol. The van der Waals surface area contributed by atoms with Crippen LogP contribution in [-0.4, -0.2) is 82.1 Å². The molecule has 2 saturated heterocycles. The summed E-state index contributed by atoms with van der Waals surface area (Å²) in [5, 5.41) is 11.2. The van der Waals surface area contributed by atoms with Crippen LogP contribution in [0.15, 0.2) is 53.6 Å². The minimum absolute atomic E-state index is 0.00344. The highest BCUT2D eigenvalue weighted by molar-refractivity contribution is 6.25. The van der Waals surface area contributed by atoms with Gasteiger partial charge < -0.3 is 10.2 Å². The Hall–Kier alpha value is -4.87.